The Morgan fingerprint density at radius 2 is 2.29 bits per heavy atom. The molecule has 0 amide bonds. The van der Waals surface area contributed by atoms with Crippen LogP contribution in [0.4, 0.5) is 11.5 Å². The van der Waals surface area contributed by atoms with Crippen molar-refractivity contribution in [1.29, 1.82) is 0 Å². The number of aliphatic hydroxyl groups is 1. The fourth-order valence-corrected chi connectivity index (χ4v) is 1.90. The van der Waals surface area contributed by atoms with Crippen LogP contribution in [-0.2, 0) is 0 Å². The lowest BCUT2D eigenvalue weighted by molar-refractivity contribution is -0.385. The van der Waals surface area contributed by atoms with Gasteiger partial charge in [0, 0.05) is 25.0 Å². The van der Waals surface area contributed by atoms with Crippen LogP contribution < -0.4 is 5.32 Å². The smallest absolute Gasteiger partial charge is 0.287 e. The minimum absolute atomic E-state index is 0.00660. The minimum Gasteiger partial charge on any atom is -0.396 e. The summed E-state index contributed by atoms with van der Waals surface area (Å²) in [6.45, 7) is 0.977. The Morgan fingerprint density at radius 3 is 2.88 bits per heavy atom. The second-order valence-electron chi connectivity index (χ2n) is 3.28. The van der Waals surface area contributed by atoms with Gasteiger partial charge in [0.2, 0.25) is 0 Å². The number of anilines is 1. The Balaban J connectivity index is 2.21. The highest BCUT2D eigenvalue weighted by molar-refractivity contribution is 7.99. The van der Waals surface area contributed by atoms with Gasteiger partial charge in [-0.05, 0) is 18.2 Å². The number of aliphatic hydroxyl groups excluding tert-OH is 1. The zero-order chi connectivity index (χ0) is 12.5. The topological polar surface area (TPSA) is 88.3 Å². The molecule has 0 aliphatic heterocycles. The van der Waals surface area contributed by atoms with E-state index in [4.69, 9.17) is 5.11 Å². The van der Waals surface area contributed by atoms with Gasteiger partial charge < -0.3 is 10.4 Å². The monoisotopic (exact) mass is 257 g/mol. The number of pyridine rings is 1. The Kier molecular flexibility index (Phi) is 6.34. The molecule has 0 radical (unpaired) electrons. The first-order valence-corrected chi connectivity index (χ1v) is 6.42. The summed E-state index contributed by atoms with van der Waals surface area (Å²) in [6, 6.07) is 3.02. The summed E-state index contributed by atoms with van der Waals surface area (Å²) in [6.07, 6.45) is 2.04. The Bertz CT molecular complexity index is 345. The number of aromatic nitrogens is 1. The van der Waals surface area contributed by atoms with E-state index in [1.165, 1.54) is 12.3 Å². The van der Waals surface area contributed by atoms with Crippen molar-refractivity contribution in [2.75, 3.05) is 30.0 Å². The molecule has 0 aromatic carbocycles. The van der Waals surface area contributed by atoms with Gasteiger partial charge in [-0.3, -0.25) is 10.1 Å². The van der Waals surface area contributed by atoms with Gasteiger partial charge in [-0.15, -0.1) is 0 Å². The number of nitrogens with one attached hydrogen (secondary N) is 1. The van der Waals surface area contributed by atoms with Crippen LogP contribution in [-0.4, -0.2) is 39.7 Å². The molecular formula is C10H15N3O3S. The van der Waals surface area contributed by atoms with Crippen molar-refractivity contribution in [2.24, 2.45) is 0 Å². The molecule has 94 valence electrons. The maximum atomic E-state index is 10.4. The van der Waals surface area contributed by atoms with Crippen molar-refractivity contribution >= 4 is 23.3 Å². The maximum absolute atomic E-state index is 10.4. The lowest BCUT2D eigenvalue weighted by Crippen LogP contribution is -2.06. The van der Waals surface area contributed by atoms with Crippen molar-refractivity contribution in [3.05, 3.63) is 28.4 Å². The molecule has 0 unspecified atom stereocenters. The molecule has 0 spiro atoms. The normalized spacial score (nSPS) is 10.2. The van der Waals surface area contributed by atoms with Crippen molar-refractivity contribution in [2.45, 2.75) is 6.42 Å². The molecule has 7 heteroatoms. The van der Waals surface area contributed by atoms with E-state index in [1.54, 1.807) is 17.8 Å². The lowest BCUT2D eigenvalue weighted by atomic mass is 10.4. The van der Waals surface area contributed by atoms with Crippen molar-refractivity contribution in [1.82, 2.24) is 4.98 Å². The number of hydrogen-bond donors (Lipinski definition) is 2. The fourth-order valence-electron chi connectivity index (χ4n) is 1.12. The van der Waals surface area contributed by atoms with E-state index in [1.807, 2.05) is 0 Å². The van der Waals surface area contributed by atoms with Gasteiger partial charge in [0.1, 0.15) is 12.0 Å². The highest BCUT2D eigenvalue weighted by atomic mass is 32.2. The molecule has 0 bridgehead atoms. The molecule has 0 aliphatic rings. The first-order valence-electron chi connectivity index (χ1n) is 5.27. The molecule has 6 nitrogen and oxygen atoms in total. The van der Waals surface area contributed by atoms with Gasteiger partial charge in [0.05, 0.1) is 4.92 Å². The fraction of sp³-hybridized carbons (Fsp3) is 0.500. The SMILES string of the molecule is O=[N+]([O-])c1ccc(NCCSCCCO)nc1. The van der Waals surface area contributed by atoms with Crippen LogP contribution in [0.2, 0.25) is 0 Å². The zero-order valence-electron chi connectivity index (χ0n) is 9.33. The molecule has 0 saturated carbocycles. The first kappa shape index (κ1) is 13.7. The van der Waals surface area contributed by atoms with E-state index in [-0.39, 0.29) is 12.3 Å². The highest BCUT2D eigenvalue weighted by Crippen LogP contribution is 2.11. The van der Waals surface area contributed by atoms with E-state index in [0.717, 1.165) is 24.5 Å². The van der Waals surface area contributed by atoms with E-state index < -0.39 is 4.92 Å². The summed E-state index contributed by atoms with van der Waals surface area (Å²) in [5.74, 6) is 2.49. The molecule has 2 N–H and O–H groups in total. The number of thioether (sulfide) groups is 1. The van der Waals surface area contributed by atoms with Crippen molar-refractivity contribution < 1.29 is 10.0 Å². The minimum atomic E-state index is -0.471. The molecule has 0 fully saturated rings. The summed E-state index contributed by atoms with van der Waals surface area (Å²) in [5, 5.41) is 22.0. The zero-order valence-corrected chi connectivity index (χ0v) is 10.2. The number of nitrogens with zero attached hydrogens (tertiary/aromatic N) is 2. The van der Waals surface area contributed by atoms with Gasteiger partial charge in [-0.25, -0.2) is 4.98 Å². The summed E-state index contributed by atoms with van der Waals surface area (Å²) >= 11 is 1.75. The summed E-state index contributed by atoms with van der Waals surface area (Å²) in [4.78, 5) is 13.9. The molecule has 0 saturated heterocycles. The van der Waals surface area contributed by atoms with Crippen LogP contribution in [0.15, 0.2) is 18.3 Å². The molecule has 1 rings (SSSR count). The van der Waals surface area contributed by atoms with Gasteiger partial charge in [0.25, 0.3) is 5.69 Å². The third kappa shape index (κ3) is 5.50. The summed E-state index contributed by atoms with van der Waals surface area (Å²) < 4.78 is 0. The van der Waals surface area contributed by atoms with Crippen LogP contribution in [0, 0.1) is 10.1 Å². The number of rotatable bonds is 8. The molecule has 1 heterocycles. The third-order valence-corrected chi connectivity index (χ3v) is 3.03. The lowest BCUT2D eigenvalue weighted by Gasteiger charge is -2.04. The molecule has 0 atom stereocenters. The van der Waals surface area contributed by atoms with Crippen LogP contribution in [0.3, 0.4) is 0 Å². The Labute approximate surface area is 104 Å². The van der Waals surface area contributed by atoms with Gasteiger partial charge in [0.15, 0.2) is 0 Å². The molecule has 0 aliphatic carbocycles. The molecule has 1 aromatic rings. The third-order valence-electron chi connectivity index (χ3n) is 1.96. The highest BCUT2D eigenvalue weighted by Gasteiger charge is 2.04. The average Bonchev–Trinajstić information content (AvgIpc) is 2.34. The maximum Gasteiger partial charge on any atom is 0.287 e. The number of nitro groups is 1. The van der Waals surface area contributed by atoms with Crippen LogP contribution in [0.5, 0.6) is 0 Å². The van der Waals surface area contributed by atoms with E-state index >= 15 is 0 Å². The van der Waals surface area contributed by atoms with Crippen molar-refractivity contribution in [3.63, 3.8) is 0 Å². The predicted molar refractivity (Wildman–Crippen MR) is 68.4 cm³/mol. The first-order chi connectivity index (χ1) is 8.24. The van der Waals surface area contributed by atoms with Crippen LogP contribution >= 0.6 is 11.8 Å². The van der Waals surface area contributed by atoms with Gasteiger partial charge in [-0.2, -0.15) is 11.8 Å². The second-order valence-corrected chi connectivity index (χ2v) is 4.50. The van der Waals surface area contributed by atoms with Crippen molar-refractivity contribution in [3.8, 4) is 0 Å². The largest absolute Gasteiger partial charge is 0.396 e. The quantitative estimate of drug-likeness (QED) is 0.417. The van der Waals surface area contributed by atoms with Crippen LogP contribution in [0.1, 0.15) is 6.42 Å². The van der Waals surface area contributed by atoms with Gasteiger partial charge in [-0.1, -0.05) is 0 Å². The number of hydrogen-bond acceptors (Lipinski definition) is 6. The van der Waals surface area contributed by atoms with E-state index in [9.17, 15) is 10.1 Å². The summed E-state index contributed by atoms with van der Waals surface area (Å²) in [7, 11) is 0. The standard InChI is InChI=1S/C10H15N3O3S/c14-5-1-6-17-7-4-11-10-3-2-9(8-12-10)13(15)16/h2-3,8,14H,1,4-7H2,(H,11,12). The predicted octanol–water partition coefficient (Wildman–Crippen LogP) is 1.52. The Hall–Kier alpha value is -1.34. The van der Waals surface area contributed by atoms with E-state index in [0.29, 0.717) is 5.82 Å². The molecule has 17 heavy (non-hydrogen) atoms. The summed E-state index contributed by atoms with van der Waals surface area (Å²) in [5.41, 5.74) is -0.00660. The van der Waals surface area contributed by atoms with Gasteiger partial charge >= 0.3 is 0 Å². The average molecular weight is 257 g/mol. The van der Waals surface area contributed by atoms with E-state index in [2.05, 4.69) is 10.3 Å². The van der Waals surface area contributed by atoms with Crippen LogP contribution in [0.25, 0.3) is 0 Å². The molecule has 1 aromatic heterocycles. The Morgan fingerprint density at radius 1 is 1.47 bits per heavy atom. The second kappa shape index (κ2) is 7.86. The molecular weight excluding hydrogens is 242 g/mol.